The fraction of sp³-hybridized carbons (Fsp3) is 0.944. The fourth-order valence-corrected chi connectivity index (χ4v) is 4.25. The van der Waals surface area contributed by atoms with E-state index in [1.54, 1.807) is 0 Å². The third kappa shape index (κ3) is 4.00. The summed E-state index contributed by atoms with van der Waals surface area (Å²) in [6, 6.07) is 1.16. The van der Waals surface area contributed by atoms with Gasteiger partial charge in [-0.15, -0.1) is 0 Å². The van der Waals surface area contributed by atoms with Crippen LogP contribution in [0.2, 0.25) is 0 Å². The predicted octanol–water partition coefficient (Wildman–Crippen LogP) is 2.67. The van der Waals surface area contributed by atoms with Crippen LogP contribution in [0.5, 0.6) is 0 Å². The molecule has 1 saturated carbocycles. The summed E-state index contributed by atoms with van der Waals surface area (Å²) in [7, 11) is 0. The predicted molar refractivity (Wildman–Crippen MR) is 89.3 cm³/mol. The molecule has 2 bridgehead atoms. The summed E-state index contributed by atoms with van der Waals surface area (Å²) < 4.78 is 5.59. The number of nitrogens with one attached hydrogen (secondary N) is 1. The number of fused-ring (bicyclic) bond motifs is 2. The van der Waals surface area contributed by atoms with E-state index in [0.29, 0.717) is 30.1 Å². The van der Waals surface area contributed by atoms with Gasteiger partial charge in [-0.1, -0.05) is 0 Å². The lowest BCUT2D eigenvalue weighted by Gasteiger charge is -2.40. The van der Waals surface area contributed by atoms with Gasteiger partial charge in [-0.25, -0.2) is 4.79 Å². The van der Waals surface area contributed by atoms with Crippen LogP contribution in [0.1, 0.15) is 65.7 Å². The summed E-state index contributed by atoms with van der Waals surface area (Å²) in [4.78, 5) is 14.5. The summed E-state index contributed by atoms with van der Waals surface area (Å²) in [5.41, 5.74) is -0.0651. The summed E-state index contributed by atoms with van der Waals surface area (Å²) >= 11 is 0. The number of carbonyl (C=O) groups excluding carboxylic acids is 1. The molecule has 3 fully saturated rings. The highest BCUT2D eigenvalue weighted by molar-refractivity contribution is 5.69. The number of aliphatic hydroxyl groups is 1. The number of amides is 1. The number of rotatable bonds is 5. The van der Waals surface area contributed by atoms with Crippen molar-refractivity contribution in [2.24, 2.45) is 5.41 Å². The second-order valence-corrected chi connectivity index (χ2v) is 8.80. The SMILES string of the molecule is CC(C)(C)OC(=O)N1C2CCC1CC(NCC1(CCO)CC1)C2. The first-order chi connectivity index (χ1) is 10.8. The molecule has 2 heterocycles. The Bertz CT molecular complexity index is 428. The first-order valence-corrected chi connectivity index (χ1v) is 9.17. The number of hydrogen-bond donors (Lipinski definition) is 2. The van der Waals surface area contributed by atoms with Crippen LogP contribution >= 0.6 is 0 Å². The van der Waals surface area contributed by atoms with Gasteiger partial charge in [0.25, 0.3) is 0 Å². The lowest BCUT2D eigenvalue weighted by atomic mass is 9.96. The quantitative estimate of drug-likeness (QED) is 0.816. The van der Waals surface area contributed by atoms with E-state index in [1.165, 1.54) is 12.8 Å². The molecule has 2 atom stereocenters. The highest BCUT2D eigenvalue weighted by atomic mass is 16.6. The van der Waals surface area contributed by atoms with Gasteiger partial charge in [0.1, 0.15) is 5.60 Å². The summed E-state index contributed by atoms with van der Waals surface area (Å²) in [6.45, 7) is 7.10. The van der Waals surface area contributed by atoms with Crippen LogP contribution in [0.15, 0.2) is 0 Å². The zero-order valence-corrected chi connectivity index (χ0v) is 14.8. The minimum absolute atomic E-state index is 0.137. The topological polar surface area (TPSA) is 61.8 Å². The Morgan fingerprint density at radius 2 is 1.87 bits per heavy atom. The van der Waals surface area contributed by atoms with Crippen LogP contribution in [0.4, 0.5) is 4.79 Å². The van der Waals surface area contributed by atoms with Crippen molar-refractivity contribution in [3.63, 3.8) is 0 Å². The average molecular weight is 324 g/mol. The highest BCUT2D eigenvalue weighted by Crippen LogP contribution is 2.48. The van der Waals surface area contributed by atoms with Crippen molar-refractivity contribution in [1.82, 2.24) is 10.2 Å². The molecule has 23 heavy (non-hydrogen) atoms. The average Bonchev–Trinajstić information content (AvgIpc) is 3.15. The molecule has 0 aromatic rings. The molecule has 1 aliphatic carbocycles. The van der Waals surface area contributed by atoms with Gasteiger partial charge in [0.15, 0.2) is 0 Å². The minimum atomic E-state index is -0.422. The zero-order valence-electron chi connectivity index (χ0n) is 14.8. The number of carbonyl (C=O) groups is 1. The van der Waals surface area contributed by atoms with Gasteiger partial charge in [0.2, 0.25) is 0 Å². The van der Waals surface area contributed by atoms with Crippen LogP contribution < -0.4 is 5.32 Å². The van der Waals surface area contributed by atoms with E-state index < -0.39 is 5.60 Å². The maximum Gasteiger partial charge on any atom is 0.410 e. The van der Waals surface area contributed by atoms with Gasteiger partial charge in [-0.2, -0.15) is 0 Å². The summed E-state index contributed by atoms with van der Waals surface area (Å²) in [5, 5.41) is 12.9. The van der Waals surface area contributed by atoms with E-state index in [1.807, 2.05) is 25.7 Å². The Labute approximate surface area is 139 Å². The molecule has 0 radical (unpaired) electrons. The van der Waals surface area contributed by atoms with Crippen LogP contribution in [0, 0.1) is 5.41 Å². The molecule has 0 aromatic heterocycles. The maximum atomic E-state index is 12.4. The van der Waals surface area contributed by atoms with Crippen molar-refractivity contribution in [1.29, 1.82) is 0 Å². The first-order valence-electron chi connectivity index (χ1n) is 9.17. The largest absolute Gasteiger partial charge is 0.444 e. The van der Waals surface area contributed by atoms with Crippen molar-refractivity contribution in [2.45, 2.75) is 89.4 Å². The van der Waals surface area contributed by atoms with Crippen LogP contribution in [0.3, 0.4) is 0 Å². The number of ether oxygens (including phenoxy) is 1. The van der Waals surface area contributed by atoms with E-state index in [4.69, 9.17) is 4.74 Å². The Balaban J connectivity index is 1.52. The van der Waals surface area contributed by atoms with Gasteiger partial charge < -0.3 is 20.1 Å². The molecule has 132 valence electrons. The van der Waals surface area contributed by atoms with E-state index >= 15 is 0 Å². The first kappa shape index (κ1) is 17.0. The molecular weight excluding hydrogens is 292 g/mol. The van der Waals surface area contributed by atoms with Crippen molar-refractivity contribution < 1.29 is 14.6 Å². The number of aliphatic hydroxyl groups excluding tert-OH is 1. The van der Waals surface area contributed by atoms with E-state index in [2.05, 4.69) is 5.32 Å². The van der Waals surface area contributed by atoms with Gasteiger partial charge >= 0.3 is 6.09 Å². The molecule has 3 rings (SSSR count). The van der Waals surface area contributed by atoms with Crippen molar-refractivity contribution >= 4 is 6.09 Å². The number of nitrogens with zero attached hydrogens (tertiary/aromatic N) is 1. The molecule has 3 aliphatic rings. The van der Waals surface area contributed by atoms with Crippen LogP contribution in [0.25, 0.3) is 0 Å². The normalized spacial score (nSPS) is 32.0. The third-order valence-electron chi connectivity index (χ3n) is 5.70. The molecule has 1 amide bonds. The molecule has 2 saturated heterocycles. The molecule has 2 aliphatic heterocycles. The van der Waals surface area contributed by atoms with Crippen molar-refractivity contribution in [3.05, 3.63) is 0 Å². The lowest BCUT2D eigenvalue weighted by molar-refractivity contribution is 0.00446. The number of piperidine rings is 1. The Kier molecular flexibility index (Phi) is 4.62. The second kappa shape index (κ2) is 6.25. The van der Waals surface area contributed by atoms with Gasteiger partial charge in [-0.3, -0.25) is 0 Å². The Morgan fingerprint density at radius 3 is 2.35 bits per heavy atom. The summed E-state index contributed by atoms with van der Waals surface area (Å²) in [5.74, 6) is 0. The van der Waals surface area contributed by atoms with E-state index in [0.717, 1.165) is 38.6 Å². The molecular formula is C18H32N2O3. The standard InChI is InChI=1S/C18H32N2O3/c1-17(2,3)23-16(22)20-14-4-5-15(20)11-13(10-14)19-12-18(6-7-18)8-9-21/h13-15,19,21H,4-12H2,1-3H3. The Hall–Kier alpha value is -0.810. The highest BCUT2D eigenvalue weighted by Gasteiger charge is 2.46. The molecule has 5 nitrogen and oxygen atoms in total. The van der Waals surface area contributed by atoms with Gasteiger partial charge in [0, 0.05) is 31.3 Å². The maximum absolute atomic E-state index is 12.4. The molecule has 2 unspecified atom stereocenters. The van der Waals surface area contributed by atoms with E-state index in [-0.39, 0.29) is 6.09 Å². The number of hydrogen-bond acceptors (Lipinski definition) is 4. The lowest BCUT2D eigenvalue weighted by Crippen LogP contribution is -2.53. The van der Waals surface area contributed by atoms with Crippen LogP contribution in [-0.4, -0.2) is 53.0 Å². The monoisotopic (exact) mass is 324 g/mol. The molecule has 2 N–H and O–H groups in total. The smallest absolute Gasteiger partial charge is 0.410 e. The van der Waals surface area contributed by atoms with Crippen LogP contribution in [-0.2, 0) is 4.74 Å². The molecule has 5 heteroatoms. The van der Waals surface area contributed by atoms with Crippen molar-refractivity contribution in [3.8, 4) is 0 Å². The van der Waals surface area contributed by atoms with Crippen molar-refractivity contribution in [2.75, 3.05) is 13.2 Å². The minimum Gasteiger partial charge on any atom is -0.444 e. The third-order valence-corrected chi connectivity index (χ3v) is 5.70. The van der Waals surface area contributed by atoms with Gasteiger partial charge in [0.05, 0.1) is 0 Å². The van der Waals surface area contributed by atoms with Gasteiger partial charge in [-0.05, 0) is 71.1 Å². The Morgan fingerprint density at radius 1 is 1.26 bits per heavy atom. The summed E-state index contributed by atoms with van der Waals surface area (Å²) in [6.07, 6.45) is 7.53. The second-order valence-electron chi connectivity index (χ2n) is 8.80. The fourth-order valence-electron chi connectivity index (χ4n) is 4.25. The molecule has 0 aromatic carbocycles. The van der Waals surface area contributed by atoms with E-state index in [9.17, 15) is 9.90 Å². The molecule has 0 spiro atoms. The zero-order chi connectivity index (χ0) is 16.7.